The van der Waals surface area contributed by atoms with Crippen molar-refractivity contribution in [2.45, 2.75) is 58.2 Å². The fraction of sp³-hybridized carbons (Fsp3) is 0.625. The van der Waals surface area contributed by atoms with E-state index in [0.717, 1.165) is 23.2 Å². The Morgan fingerprint density at radius 3 is 2.89 bits per heavy atom. The standard InChI is InChI=1S/C16H25ClN2/c1-2-5-15-6-3-4-9-19(15)12-14-8-7-13(11-18)10-16(14)17/h7-8,10,15H,2-6,9,11-12,18H2,1H3. The third-order valence-electron chi connectivity index (χ3n) is 4.10. The van der Waals surface area contributed by atoms with Crippen LogP contribution in [0.4, 0.5) is 0 Å². The van der Waals surface area contributed by atoms with E-state index in [1.165, 1.54) is 44.2 Å². The van der Waals surface area contributed by atoms with Crippen LogP contribution < -0.4 is 5.73 Å². The van der Waals surface area contributed by atoms with E-state index in [-0.39, 0.29) is 0 Å². The van der Waals surface area contributed by atoms with Crippen molar-refractivity contribution in [1.29, 1.82) is 0 Å². The number of likely N-dealkylation sites (tertiary alicyclic amines) is 1. The lowest BCUT2D eigenvalue weighted by Gasteiger charge is -2.36. The molecule has 1 aromatic carbocycles. The molecule has 1 aliphatic rings. The van der Waals surface area contributed by atoms with Gasteiger partial charge < -0.3 is 5.73 Å². The van der Waals surface area contributed by atoms with E-state index in [4.69, 9.17) is 17.3 Å². The summed E-state index contributed by atoms with van der Waals surface area (Å²) in [6.07, 6.45) is 6.60. The summed E-state index contributed by atoms with van der Waals surface area (Å²) >= 11 is 6.37. The molecule has 19 heavy (non-hydrogen) atoms. The highest BCUT2D eigenvalue weighted by Gasteiger charge is 2.22. The van der Waals surface area contributed by atoms with Gasteiger partial charge in [0.1, 0.15) is 0 Å². The molecule has 1 unspecified atom stereocenters. The third-order valence-corrected chi connectivity index (χ3v) is 4.45. The maximum atomic E-state index is 6.37. The minimum atomic E-state index is 0.558. The molecule has 0 bridgehead atoms. The zero-order valence-electron chi connectivity index (χ0n) is 11.9. The second-order valence-corrected chi connectivity index (χ2v) is 5.95. The van der Waals surface area contributed by atoms with E-state index in [1.807, 2.05) is 6.07 Å². The predicted molar refractivity (Wildman–Crippen MR) is 82.3 cm³/mol. The van der Waals surface area contributed by atoms with Crippen LogP contribution in [-0.4, -0.2) is 17.5 Å². The predicted octanol–water partition coefficient (Wildman–Crippen LogP) is 3.95. The largest absolute Gasteiger partial charge is 0.326 e. The minimum Gasteiger partial charge on any atom is -0.326 e. The van der Waals surface area contributed by atoms with Crippen molar-refractivity contribution in [2.24, 2.45) is 5.73 Å². The molecule has 0 spiro atoms. The molecular formula is C16H25ClN2. The van der Waals surface area contributed by atoms with E-state index < -0.39 is 0 Å². The smallest absolute Gasteiger partial charge is 0.0454 e. The second-order valence-electron chi connectivity index (χ2n) is 5.54. The van der Waals surface area contributed by atoms with Gasteiger partial charge in [0.25, 0.3) is 0 Å². The number of nitrogens with zero attached hydrogens (tertiary/aromatic N) is 1. The van der Waals surface area contributed by atoms with Gasteiger partial charge in [0, 0.05) is 24.2 Å². The van der Waals surface area contributed by atoms with Gasteiger partial charge in [-0.2, -0.15) is 0 Å². The summed E-state index contributed by atoms with van der Waals surface area (Å²) in [7, 11) is 0. The molecule has 1 atom stereocenters. The number of nitrogens with two attached hydrogens (primary N) is 1. The summed E-state index contributed by atoms with van der Waals surface area (Å²) in [5, 5.41) is 0.865. The van der Waals surface area contributed by atoms with E-state index in [1.54, 1.807) is 0 Å². The monoisotopic (exact) mass is 280 g/mol. The van der Waals surface area contributed by atoms with E-state index in [0.29, 0.717) is 6.54 Å². The topological polar surface area (TPSA) is 29.3 Å². The number of benzene rings is 1. The van der Waals surface area contributed by atoms with Crippen LogP contribution in [0, 0.1) is 0 Å². The van der Waals surface area contributed by atoms with Gasteiger partial charge in [-0.15, -0.1) is 0 Å². The summed E-state index contributed by atoms with van der Waals surface area (Å²) < 4.78 is 0. The molecule has 2 nitrogen and oxygen atoms in total. The van der Waals surface area contributed by atoms with E-state index in [9.17, 15) is 0 Å². The Morgan fingerprint density at radius 1 is 1.37 bits per heavy atom. The molecule has 2 N–H and O–H groups in total. The van der Waals surface area contributed by atoms with Crippen molar-refractivity contribution < 1.29 is 0 Å². The number of halogens is 1. The summed E-state index contributed by atoms with van der Waals surface area (Å²) in [5.41, 5.74) is 7.99. The molecule has 0 radical (unpaired) electrons. The first-order valence-electron chi connectivity index (χ1n) is 7.46. The van der Waals surface area contributed by atoms with Crippen molar-refractivity contribution in [1.82, 2.24) is 4.90 Å². The lowest BCUT2D eigenvalue weighted by molar-refractivity contribution is 0.131. The first kappa shape index (κ1) is 14.8. The van der Waals surface area contributed by atoms with Crippen molar-refractivity contribution >= 4 is 11.6 Å². The maximum Gasteiger partial charge on any atom is 0.0454 e. The third kappa shape index (κ3) is 3.95. The highest BCUT2D eigenvalue weighted by Crippen LogP contribution is 2.26. The number of piperidine rings is 1. The maximum absolute atomic E-state index is 6.37. The molecule has 0 aromatic heterocycles. The highest BCUT2D eigenvalue weighted by molar-refractivity contribution is 6.31. The number of hydrogen-bond donors (Lipinski definition) is 1. The molecule has 1 heterocycles. The number of rotatable bonds is 5. The van der Waals surface area contributed by atoms with Gasteiger partial charge in [0.05, 0.1) is 0 Å². The summed E-state index contributed by atoms with van der Waals surface area (Å²) in [6, 6.07) is 6.99. The molecule has 1 saturated heterocycles. The van der Waals surface area contributed by atoms with Gasteiger partial charge in [-0.3, -0.25) is 4.90 Å². The first-order chi connectivity index (χ1) is 9.24. The molecule has 106 valence electrons. The van der Waals surface area contributed by atoms with Gasteiger partial charge in [0.2, 0.25) is 0 Å². The lowest BCUT2D eigenvalue weighted by atomic mass is 9.97. The van der Waals surface area contributed by atoms with Crippen molar-refractivity contribution in [3.05, 3.63) is 34.3 Å². The minimum absolute atomic E-state index is 0.558. The van der Waals surface area contributed by atoms with Crippen LogP contribution in [0.15, 0.2) is 18.2 Å². The zero-order valence-corrected chi connectivity index (χ0v) is 12.6. The van der Waals surface area contributed by atoms with Crippen LogP contribution in [0.2, 0.25) is 5.02 Å². The summed E-state index contributed by atoms with van der Waals surface area (Å²) in [6.45, 7) is 5.02. The van der Waals surface area contributed by atoms with Crippen LogP contribution in [0.5, 0.6) is 0 Å². The lowest BCUT2D eigenvalue weighted by Crippen LogP contribution is -2.38. The van der Waals surface area contributed by atoms with Gasteiger partial charge in [-0.05, 0) is 43.0 Å². The van der Waals surface area contributed by atoms with Crippen LogP contribution >= 0.6 is 11.6 Å². The van der Waals surface area contributed by atoms with Crippen LogP contribution in [0.1, 0.15) is 50.2 Å². The quantitative estimate of drug-likeness (QED) is 0.885. The van der Waals surface area contributed by atoms with Gasteiger partial charge in [0.15, 0.2) is 0 Å². The Hall–Kier alpha value is -0.570. The molecule has 0 saturated carbocycles. The molecule has 0 amide bonds. The van der Waals surface area contributed by atoms with Crippen molar-refractivity contribution in [3.8, 4) is 0 Å². The molecule has 1 fully saturated rings. The average molecular weight is 281 g/mol. The second kappa shape index (κ2) is 7.28. The Bertz CT molecular complexity index is 404. The molecule has 2 rings (SSSR count). The average Bonchev–Trinajstić information content (AvgIpc) is 2.43. The molecule has 1 aromatic rings. The van der Waals surface area contributed by atoms with Crippen LogP contribution in [0.25, 0.3) is 0 Å². The first-order valence-corrected chi connectivity index (χ1v) is 7.83. The van der Waals surface area contributed by atoms with Crippen molar-refractivity contribution in [2.75, 3.05) is 6.54 Å². The highest BCUT2D eigenvalue weighted by atomic mass is 35.5. The summed E-state index contributed by atoms with van der Waals surface area (Å²) in [4.78, 5) is 2.61. The Morgan fingerprint density at radius 2 is 2.21 bits per heavy atom. The molecule has 1 aliphatic heterocycles. The van der Waals surface area contributed by atoms with Crippen LogP contribution in [-0.2, 0) is 13.1 Å². The Kier molecular flexibility index (Phi) is 5.68. The molecule has 3 heteroatoms. The molecular weight excluding hydrogens is 256 g/mol. The van der Waals surface area contributed by atoms with Gasteiger partial charge in [-0.1, -0.05) is 43.5 Å². The number of hydrogen-bond acceptors (Lipinski definition) is 2. The van der Waals surface area contributed by atoms with Crippen molar-refractivity contribution in [3.63, 3.8) is 0 Å². The molecule has 0 aliphatic carbocycles. The Labute approximate surface area is 121 Å². The normalized spacial score (nSPS) is 20.7. The van der Waals surface area contributed by atoms with Gasteiger partial charge in [-0.25, -0.2) is 0 Å². The summed E-state index contributed by atoms with van der Waals surface area (Å²) in [5.74, 6) is 0. The van der Waals surface area contributed by atoms with Crippen LogP contribution in [0.3, 0.4) is 0 Å². The zero-order chi connectivity index (χ0) is 13.7. The van der Waals surface area contributed by atoms with E-state index in [2.05, 4.69) is 24.0 Å². The fourth-order valence-electron chi connectivity index (χ4n) is 2.99. The Balaban J connectivity index is 2.06. The fourth-order valence-corrected chi connectivity index (χ4v) is 3.26. The SMILES string of the molecule is CCCC1CCCCN1Cc1ccc(CN)cc1Cl. The van der Waals surface area contributed by atoms with E-state index >= 15 is 0 Å². The van der Waals surface area contributed by atoms with Gasteiger partial charge >= 0.3 is 0 Å².